The largest absolute Gasteiger partial charge is 0.341 e. The van der Waals surface area contributed by atoms with Crippen LogP contribution < -0.4 is 0 Å². The van der Waals surface area contributed by atoms with Gasteiger partial charge in [-0.2, -0.15) is 0 Å². The van der Waals surface area contributed by atoms with Crippen molar-refractivity contribution in [3.8, 4) is 0 Å². The molecule has 5 nitrogen and oxygen atoms in total. The third-order valence-electron chi connectivity index (χ3n) is 6.21. The maximum atomic E-state index is 12.9. The van der Waals surface area contributed by atoms with Crippen LogP contribution in [0.3, 0.4) is 0 Å². The van der Waals surface area contributed by atoms with Gasteiger partial charge in [-0.1, -0.05) is 12.2 Å². The van der Waals surface area contributed by atoms with E-state index in [-0.39, 0.29) is 41.4 Å². The summed E-state index contributed by atoms with van der Waals surface area (Å²) in [5.41, 5.74) is 0. The van der Waals surface area contributed by atoms with Crippen LogP contribution in [0.1, 0.15) is 39.0 Å². The van der Waals surface area contributed by atoms with Crippen LogP contribution >= 0.6 is 0 Å². The van der Waals surface area contributed by atoms with Crippen molar-refractivity contribution in [2.24, 2.45) is 23.7 Å². The summed E-state index contributed by atoms with van der Waals surface area (Å²) < 4.78 is 0. The number of carbonyl (C=O) groups excluding carboxylic acids is 3. The van der Waals surface area contributed by atoms with Crippen LogP contribution in [0.15, 0.2) is 12.2 Å². The van der Waals surface area contributed by atoms with E-state index >= 15 is 0 Å². The summed E-state index contributed by atoms with van der Waals surface area (Å²) in [7, 11) is 0. The average Bonchev–Trinajstić information content (AvgIpc) is 2.89. The molecule has 2 saturated heterocycles. The zero-order valence-electron chi connectivity index (χ0n) is 13.6. The number of fused-ring (bicyclic) bond motifs is 1. The van der Waals surface area contributed by atoms with E-state index in [1.54, 1.807) is 6.92 Å². The number of amides is 3. The van der Waals surface area contributed by atoms with Gasteiger partial charge < -0.3 is 4.90 Å². The highest BCUT2D eigenvalue weighted by Gasteiger charge is 2.58. The fourth-order valence-corrected chi connectivity index (χ4v) is 4.97. The molecule has 2 bridgehead atoms. The van der Waals surface area contributed by atoms with Crippen molar-refractivity contribution >= 4 is 17.7 Å². The van der Waals surface area contributed by atoms with E-state index in [2.05, 4.69) is 12.2 Å². The number of rotatable bonds is 2. The van der Waals surface area contributed by atoms with Gasteiger partial charge in [-0.05, 0) is 50.9 Å². The Labute approximate surface area is 136 Å². The molecule has 2 aliphatic heterocycles. The molecular formula is C18H24N2O3. The molecule has 5 heteroatoms. The van der Waals surface area contributed by atoms with Gasteiger partial charge in [-0.15, -0.1) is 0 Å². The SMILES string of the molecule is CC(C(=O)N1CCCCC1)N1C(=O)C2C3C=CC(CC3)C2C1=O. The Morgan fingerprint density at radius 2 is 1.52 bits per heavy atom. The van der Waals surface area contributed by atoms with Gasteiger partial charge in [0.2, 0.25) is 17.7 Å². The average molecular weight is 316 g/mol. The molecule has 23 heavy (non-hydrogen) atoms. The number of hydrogen-bond donors (Lipinski definition) is 0. The van der Waals surface area contributed by atoms with Gasteiger partial charge in [0.1, 0.15) is 6.04 Å². The Bertz CT molecular complexity index is 547. The topological polar surface area (TPSA) is 57.7 Å². The van der Waals surface area contributed by atoms with Crippen molar-refractivity contribution in [3.63, 3.8) is 0 Å². The standard InChI is InChI=1S/C18H24N2O3/c1-11(16(21)19-9-3-2-4-10-19)20-17(22)14-12-5-6-13(8-7-12)15(14)18(20)23/h5-6,11-15H,2-4,7-10H2,1H3. The summed E-state index contributed by atoms with van der Waals surface area (Å²) in [6.07, 6.45) is 9.38. The highest BCUT2D eigenvalue weighted by Crippen LogP contribution is 2.50. The van der Waals surface area contributed by atoms with Gasteiger partial charge in [0.25, 0.3) is 0 Å². The molecule has 124 valence electrons. The molecule has 3 amide bonds. The molecule has 0 aromatic heterocycles. The molecule has 0 spiro atoms. The third kappa shape index (κ3) is 2.16. The summed E-state index contributed by atoms with van der Waals surface area (Å²) in [6, 6.07) is -0.655. The van der Waals surface area contributed by atoms with E-state index in [1.165, 1.54) is 4.90 Å². The van der Waals surface area contributed by atoms with Crippen LogP contribution in [0.2, 0.25) is 0 Å². The Morgan fingerprint density at radius 3 is 2.00 bits per heavy atom. The fraction of sp³-hybridized carbons (Fsp3) is 0.722. The van der Waals surface area contributed by atoms with Crippen molar-refractivity contribution < 1.29 is 14.4 Å². The molecule has 5 atom stereocenters. The van der Waals surface area contributed by atoms with Gasteiger partial charge in [-0.3, -0.25) is 19.3 Å². The molecule has 3 fully saturated rings. The molecule has 0 N–H and O–H groups in total. The first-order chi connectivity index (χ1) is 11.1. The number of piperidine rings is 1. The van der Waals surface area contributed by atoms with Crippen molar-refractivity contribution in [2.75, 3.05) is 13.1 Å². The predicted molar refractivity (Wildman–Crippen MR) is 84.1 cm³/mol. The molecule has 5 unspecified atom stereocenters. The number of nitrogens with zero attached hydrogens (tertiary/aromatic N) is 2. The van der Waals surface area contributed by atoms with E-state index in [1.807, 2.05) is 4.90 Å². The van der Waals surface area contributed by atoms with Crippen LogP contribution in [0.4, 0.5) is 0 Å². The second kappa shape index (κ2) is 5.46. The summed E-state index contributed by atoms with van der Waals surface area (Å²) >= 11 is 0. The van der Waals surface area contributed by atoms with Gasteiger partial charge in [0.15, 0.2) is 0 Å². The van der Waals surface area contributed by atoms with Crippen molar-refractivity contribution in [3.05, 3.63) is 12.2 Å². The Kier molecular flexibility index (Phi) is 3.54. The molecule has 5 rings (SSSR count). The van der Waals surface area contributed by atoms with Crippen LogP contribution in [-0.2, 0) is 14.4 Å². The molecule has 3 aliphatic carbocycles. The lowest BCUT2D eigenvalue weighted by Gasteiger charge is -2.38. The zero-order chi connectivity index (χ0) is 16.1. The van der Waals surface area contributed by atoms with Gasteiger partial charge in [-0.25, -0.2) is 0 Å². The lowest BCUT2D eigenvalue weighted by Crippen LogP contribution is -2.51. The van der Waals surface area contributed by atoms with Crippen LogP contribution in [0, 0.1) is 23.7 Å². The zero-order valence-corrected chi connectivity index (χ0v) is 13.6. The Hall–Kier alpha value is -1.65. The Balaban J connectivity index is 1.56. The van der Waals surface area contributed by atoms with E-state index in [9.17, 15) is 14.4 Å². The first kappa shape index (κ1) is 14.9. The minimum Gasteiger partial charge on any atom is -0.341 e. The normalized spacial score (nSPS) is 37.3. The molecule has 2 heterocycles. The van der Waals surface area contributed by atoms with Crippen molar-refractivity contribution in [2.45, 2.75) is 45.1 Å². The number of hydrogen-bond acceptors (Lipinski definition) is 3. The molecule has 0 aromatic carbocycles. The highest BCUT2D eigenvalue weighted by atomic mass is 16.2. The minimum atomic E-state index is -0.655. The number of imide groups is 1. The molecule has 0 aromatic rings. The first-order valence-corrected chi connectivity index (χ1v) is 8.93. The smallest absolute Gasteiger partial charge is 0.245 e. The van der Waals surface area contributed by atoms with E-state index in [0.717, 1.165) is 45.2 Å². The van der Waals surface area contributed by atoms with Crippen LogP contribution in [0.25, 0.3) is 0 Å². The molecule has 5 aliphatic rings. The summed E-state index contributed by atoms with van der Waals surface area (Å²) in [4.78, 5) is 41.6. The van der Waals surface area contributed by atoms with E-state index in [0.29, 0.717) is 0 Å². The van der Waals surface area contributed by atoms with Crippen molar-refractivity contribution in [1.82, 2.24) is 9.80 Å². The Morgan fingerprint density at radius 1 is 1.00 bits per heavy atom. The molecule has 1 saturated carbocycles. The molecule has 0 radical (unpaired) electrons. The summed E-state index contributed by atoms with van der Waals surface area (Å²) in [5, 5.41) is 0. The predicted octanol–water partition coefficient (Wildman–Crippen LogP) is 1.58. The van der Waals surface area contributed by atoms with Gasteiger partial charge in [0.05, 0.1) is 11.8 Å². The van der Waals surface area contributed by atoms with Gasteiger partial charge in [0, 0.05) is 13.1 Å². The second-order valence-electron chi connectivity index (χ2n) is 7.45. The monoisotopic (exact) mass is 316 g/mol. The van der Waals surface area contributed by atoms with E-state index < -0.39 is 6.04 Å². The third-order valence-corrected chi connectivity index (χ3v) is 6.21. The quantitative estimate of drug-likeness (QED) is 0.574. The van der Waals surface area contributed by atoms with Gasteiger partial charge >= 0.3 is 0 Å². The molecular weight excluding hydrogens is 292 g/mol. The number of allylic oxidation sites excluding steroid dienone is 2. The fourth-order valence-electron chi connectivity index (χ4n) is 4.97. The lowest BCUT2D eigenvalue weighted by atomic mass is 9.63. The highest BCUT2D eigenvalue weighted by molar-refractivity contribution is 6.09. The van der Waals surface area contributed by atoms with Crippen molar-refractivity contribution in [1.29, 1.82) is 0 Å². The lowest BCUT2D eigenvalue weighted by molar-refractivity contribution is -0.151. The first-order valence-electron chi connectivity index (χ1n) is 8.93. The maximum Gasteiger partial charge on any atom is 0.245 e. The maximum absolute atomic E-state index is 12.9. The number of carbonyl (C=O) groups is 3. The van der Waals surface area contributed by atoms with Crippen LogP contribution in [-0.4, -0.2) is 46.7 Å². The number of likely N-dealkylation sites (tertiary alicyclic amines) is 2. The minimum absolute atomic E-state index is 0.0645. The second-order valence-corrected chi connectivity index (χ2v) is 7.45. The summed E-state index contributed by atoms with van der Waals surface area (Å²) in [5.74, 6) is -0.364. The summed E-state index contributed by atoms with van der Waals surface area (Å²) in [6.45, 7) is 3.22. The van der Waals surface area contributed by atoms with E-state index in [4.69, 9.17) is 0 Å². The van der Waals surface area contributed by atoms with Crippen LogP contribution in [0.5, 0.6) is 0 Å².